The summed E-state index contributed by atoms with van der Waals surface area (Å²) >= 11 is 5.86. The van der Waals surface area contributed by atoms with Crippen molar-refractivity contribution in [3.05, 3.63) is 71.3 Å². The van der Waals surface area contributed by atoms with E-state index in [9.17, 15) is 14.4 Å². The molecular weight excluding hydrogens is 402 g/mol. The molecule has 0 N–H and O–H groups in total. The van der Waals surface area contributed by atoms with Crippen LogP contribution in [0, 0.1) is 35.5 Å². The van der Waals surface area contributed by atoms with Crippen LogP contribution in [0.3, 0.4) is 0 Å². The van der Waals surface area contributed by atoms with Gasteiger partial charge in [-0.3, -0.25) is 9.59 Å². The van der Waals surface area contributed by atoms with Gasteiger partial charge in [0.15, 0.2) is 0 Å². The first-order valence-electron chi connectivity index (χ1n) is 10.2. The van der Waals surface area contributed by atoms with Crippen molar-refractivity contribution >= 4 is 35.1 Å². The number of esters is 1. The lowest BCUT2D eigenvalue weighted by Gasteiger charge is -2.37. The summed E-state index contributed by atoms with van der Waals surface area (Å²) in [5.41, 5.74) is 0.819. The van der Waals surface area contributed by atoms with Gasteiger partial charge in [0.25, 0.3) is 0 Å². The minimum Gasteiger partial charge on any atom is -0.423 e. The van der Waals surface area contributed by atoms with E-state index in [-0.39, 0.29) is 41.2 Å². The van der Waals surface area contributed by atoms with Crippen molar-refractivity contribution in [3.8, 4) is 5.75 Å². The Labute approximate surface area is 178 Å². The number of hydrogen-bond donors (Lipinski definition) is 0. The van der Waals surface area contributed by atoms with E-state index in [0.29, 0.717) is 28.1 Å². The molecule has 1 heterocycles. The van der Waals surface area contributed by atoms with E-state index < -0.39 is 5.97 Å². The number of nitrogens with zero attached hydrogens (tertiary/aromatic N) is 1. The fraction of sp³-hybridized carbons (Fsp3) is 0.292. The van der Waals surface area contributed by atoms with Gasteiger partial charge in [-0.25, -0.2) is 9.69 Å². The average Bonchev–Trinajstić information content (AvgIpc) is 3.52. The Morgan fingerprint density at radius 2 is 1.57 bits per heavy atom. The predicted octanol–water partition coefficient (Wildman–Crippen LogP) is 4.12. The molecule has 2 aromatic carbocycles. The largest absolute Gasteiger partial charge is 0.423 e. The van der Waals surface area contributed by atoms with E-state index in [0.717, 1.165) is 6.42 Å². The number of ether oxygens (including phenoxy) is 1. The molecule has 2 bridgehead atoms. The monoisotopic (exact) mass is 419 g/mol. The molecule has 150 valence electrons. The van der Waals surface area contributed by atoms with Crippen LogP contribution in [0.2, 0.25) is 5.02 Å². The number of carbonyl (C=O) groups excluding carboxylic acids is 3. The third kappa shape index (κ3) is 2.51. The lowest BCUT2D eigenvalue weighted by atomic mass is 9.63. The van der Waals surface area contributed by atoms with Crippen molar-refractivity contribution < 1.29 is 19.1 Å². The summed E-state index contributed by atoms with van der Waals surface area (Å²) in [6.45, 7) is 0. The lowest BCUT2D eigenvalue weighted by Crippen LogP contribution is -2.40. The SMILES string of the molecule is O=C(Oc1cccc(N2C(=O)[C@H]3[C@@H]4C=C[C@H]([C@H]5C[C@H]45)[C@@H]3C2=O)c1)c1ccc(Cl)cc1. The summed E-state index contributed by atoms with van der Waals surface area (Å²) in [7, 11) is 0. The van der Waals surface area contributed by atoms with Crippen molar-refractivity contribution in [3.63, 3.8) is 0 Å². The molecule has 0 spiro atoms. The summed E-state index contributed by atoms with van der Waals surface area (Å²) in [6, 6.07) is 13.0. The number of hydrogen-bond acceptors (Lipinski definition) is 4. The van der Waals surface area contributed by atoms with E-state index in [1.165, 1.54) is 4.90 Å². The first-order valence-corrected chi connectivity index (χ1v) is 10.5. The molecule has 1 aliphatic heterocycles. The Balaban J connectivity index is 1.27. The van der Waals surface area contributed by atoms with Gasteiger partial charge < -0.3 is 4.74 Å². The third-order valence-electron chi connectivity index (χ3n) is 7.03. The van der Waals surface area contributed by atoms with E-state index >= 15 is 0 Å². The Kier molecular flexibility index (Phi) is 3.75. The molecule has 6 atom stereocenters. The highest BCUT2D eigenvalue weighted by atomic mass is 35.5. The van der Waals surface area contributed by atoms with E-state index in [1.54, 1.807) is 48.5 Å². The van der Waals surface area contributed by atoms with E-state index in [4.69, 9.17) is 16.3 Å². The molecule has 3 fully saturated rings. The number of carbonyl (C=O) groups is 3. The summed E-state index contributed by atoms with van der Waals surface area (Å²) in [4.78, 5) is 40.2. The second-order valence-corrected chi connectivity index (χ2v) is 9.00. The molecule has 1 saturated heterocycles. The van der Waals surface area contributed by atoms with Gasteiger partial charge in [-0.2, -0.15) is 0 Å². The smallest absolute Gasteiger partial charge is 0.343 e. The van der Waals surface area contributed by atoms with Crippen LogP contribution in [0.5, 0.6) is 5.75 Å². The number of imide groups is 1. The average molecular weight is 420 g/mol. The summed E-state index contributed by atoms with van der Waals surface area (Å²) < 4.78 is 5.46. The number of benzene rings is 2. The summed E-state index contributed by atoms with van der Waals surface area (Å²) in [5, 5.41) is 0.530. The number of anilines is 1. The number of amides is 2. The van der Waals surface area contributed by atoms with Crippen LogP contribution in [-0.4, -0.2) is 17.8 Å². The molecule has 7 rings (SSSR count). The number of halogens is 1. The van der Waals surface area contributed by atoms with Gasteiger partial charge in [-0.1, -0.05) is 29.8 Å². The van der Waals surface area contributed by atoms with Gasteiger partial charge in [0.2, 0.25) is 11.8 Å². The van der Waals surface area contributed by atoms with Crippen molar-refractivity contribution in [2.24, 2.45) is 35.5 Å². The van der Waals surface area contributed by atoms with Gasteiger partial charge in [-0.15, -0.1) is 0 Å². The third-order valence-corrected chi connectivity index (χ3v) is 7.28. The Hall–Kier alpha value is -2.92. The van der Waals surface area contributed by atoms with Crippen LogP contribution >= 0.6 is 11.6 Å². The lowest BCUT2D eigenvalue weighted by molar-refractivity contribution is -0.124. The predicted molar refractivity (Wildman–Crippen MR) is 110 cm³/mol. The van der Waals surface area contributed by atoms with Gasteiger partial charge in [0.1, 0.15) is 5.75 Å². The van der Waals surface area contributed by atoms with Crippen LogP contribution in [0.15, 0.2) is 60.7 Å². The van der Waals surface area contributed by atoms with Crippen molar-refractivity contribution in [1.29, 1.82) is 0 Å². The van der Waals surface area contributed by atoms with Crippen molar-refractivity contribution in [1.82, 2.24) is 0 Å². The zero-order valence-electron chi connectivity index (χ0n) is 15.9. The topological polar surface area (TPSA) is 63.7 Å². The first kappa shape index (κ1) is 17.9. The van der Waals surface area contributed by atoms with Crippen LogP contribution in [0.1, 0.15) is 16.8 Å². The highest BCUT2D eigenvalue weighted by molar-refractivity contribution is 6.30. The van der Waals surface area contributed by atoms with E-state index in [2.05, 4.69) is 12.2 Å². The van der Waals surface area contributed by atoms with Crippen LogP contribution in [0.4, 0.5) is 5.69 Å². The highest BCUT2D eigenvalue weighted by Crippen LogP contribution is 2.65. The standard InChI is InChI=1S/C24H18ClNO4/c25-13-6-4-12(5-7-13)24(29)30-15-3-1-2-14(10-15)26-22(27)20-16-8-9-17(19-11-18(16)19)21(20)23(26)28/h1-10,16-21H,11H2/t16-,17-,18-,19-,20+,21+/m1/s1. The number of allylic oxidation sites excluding steroid dienone is 2. The van der Waals surface area contributed by atoms with Crippen LogP contribution in [-0.2, 0) is 9.59 Å². The summed E-state index contributed by atoms with van der Waals surface area (Å²) in [6.07, 6.45) is 5.43. The van der Waals surface area contributed by atoms with Gasteiger partial charge in [-0.05, 0) is 66.5 Å². The molecule has 2 saturated carbocycles. The maximum absolute atomic E-state index is 13.2. The second kappa shape index (κ2) is 6.29. The van der Waals surface area contributed by atoms with Crippen molar-refractivity contribution in [2.75, 3.05) is 4.90 Å². The Morgan fingerprint density at radius 3 is 2.20 bits per heavy atom. The molecule has 0 aromatic heterocycles. The summed E-state index contributed by atoms with van der Waals surface area (Å²) in [5.74, 6) is 0.467. The molecule has 6 heteroatoms. The Morgan fingerprint density at radius 1 is 0.933 bits per heavy atom. The second-order valence-electron chi connectivity index (χ2n) is 8.56. The molecule has 5 aliphatic rings. The van der Waals surface area contributed by atoms with E-state index in [1.807, 2.05) is 0 Å². The minimum absolute atomic E-state index is 0.129. The molecular formula is C24H18ClNO4. The number of rotatable bonds is 3. The molecule has 0 unspecified atom stereocenters. The molecule has 2 amide bonds. The Bertz CT molecular complexity index is 1090. The molecule has 0 radical (unpaired) electrons. The van der Waals surface area contributed by atoms with Crippen LogP contribution < -0.4 is 9.64 Å². The van der Waals surface area contributed by atoms with Gasteiger partial charge in [0.05, 0.1) is 23.1 Å². The zero-order valence-corrected chi connectivity index (χ0v) is 16.7. The maximum atomic E-state index is 13.2. The normalized spacial score (nSPS) is 32.8. The van der Waals surface area contributed by atoms with Crippen molar-refractivity contribution in [2.45, 2.75) is 6.42 Å². The van der Waals surface area contributed by atoms with Gasteiger partial charge in [0, 0.05) is 11.1 Å². The quantitative estimate of drug-likeness (QED) is 0.325. The molecule has 2 aromatic rings. The fourth-order valence-corrected chi connectivity index (χ4v) is 5.78. The fourth-order valence-electron chi connectivity index (χ4n) is 5.65. The molecule has 5 nitrogen and oxygen atoms in total. The highest BCUT2D eigenvalue weighted by Gasteiger charge is 2.67. The first-order chi connectivity index (χ1) is 14.5. The van der Waals surface area contributed by atoms with Crippen LogP contribution in [0.25, 0.3) is 0 Å². The van der Waals surface area contributed by atoms with Gasteiger partial charge >= 0.3 is 5.97 Å². The maximum Gasteiger partial charge on any atom is 0.343 e. The minimum atomic E-state index is -0.529. The molecule has 30 heavy (non-hydrogen) atoms. The molecule has 4 aliphatic carbocycles. The zero-order chi connectivity index (χ0) is 20.6.